The predicted molar refractivity (Wildman–Crippen MR) is 26.1 cm³/mol. The molecule has 2 N–H and O–H groups in total. The maximum atomic E-state index is 9.79. The first-order chi connectivity index (χ1) is 3.72. The lowest BCUT2D eigenvalue weighted by molar-refractivity contribution is -0.137. The highest BCUT2D eigenvalue weighted by Gasteiger charge is 2.14. The van der Waals surface area contributed by atoms with Crippen molar-refractivity contribution in [3.05, 3.63) is 0 Å². The van der Waals surface area contributed by atoms with E-state index in [-0.39, 0.29) is 0 Å². The van der Waals surface area contributed by atoms with Gasteiger partial charge in [-0.15, -0.1) is 0 Å². The molecule has 0 aliphatic heterocycles. The number of hydrogen-bond acceptors (Lipinski definition) is 3. The quantitative estimate of drug-likeness (QED) is 0.523. The van der Waals surface area contributed by atoms with Crippen LogP contribution in [0.1, 0.15) is 0 Å². The van der Waals surface area contributed by atoms with Gasteiger partial charge in [-0.25, -0.2) is 0 Å². The number of aliphatic carboxylic acids is 1. The minimum atomic E-state index is -1.25. The average Bonchev–Trinajstić information content (AvgIpc) is 1.69. The topological polar surface area (TPSA) is 74.6 Å². The van der Waals surface area contributed by atoms with Gasteiger partial charge in [0.25, 0.3) is 0 Å². The summed E-state index contributed by atoms with van der Waals surface area (Å²) in [5.74, 6) is -1.25. The van der Waals surface area contributed by atoms with E-state index >= 15 is 0 Å². The van der Waals surface area contributed by atoms with Crippen LogP contribution in [0, 0.1) is 0 Å². The van der Waals surface area contributed by atoms with E-state index in [2.05, 4.69) is 0 Å². The molecule has 0 aliphatic rings. The Morgan fingerprint density at radius 1 is 1.75 bits per heavy atom. The second-order valence-corrected chi connectivity index (χ2v) is 1.98. The van der Waals surface area contributed by atoms with Gasteiger partial charge in [0.15, 0.2) is 14.1 Å². The van der Waals surface area contributed by atoms with E-state index in [0.717, 1.165) is 0 Å². The third-order valence-corrected chi connectivity index (χ3v) is 1.22. The van der Waals surface area contributed by atoms with Crippen LogP contribution in [0.3, 0.4) is 0 Å². The van der Waals surface area contributed by atoms with Gasteiger partial charge in [-0.05, 0) is 0 Å². The van der Waals surface area contributed by atoms with E-state index in [4.69, 9.17) is 10.2 Å². The summed E-state index contributed by atoms with van der Waals surface area (Å²) >= 11 is 0. The molecular formula is C3H5O4P. The summed E-state index contributed by atoms with van der Waals surface area (Å²) in [6, 6.07) is 0. The minimum Gasteiger partial charge on any atom is -0.480 e. The Morgan fingerprint density at radius 2 is 2.25 bits per heavy atom. The van der Waals surface area contributed by atoms with Crippen LogP contribution < -0.4 is 0 Å². The number of rotatable bonds is 3. The Hall–Kier alpha value is -0.470. The second kappa shape index (κ2) is 3.52. The highest BCUT2D eigenvalue weighted by molar-refractivity contribution is 7.26. The van der Waals surface area contributed by atoms with Crippen LogP contribution in [0.2, 0.25) is 0 Å². The van der Waals surface area contributed by atoms with E-state index in [9.17, 15) is 9.36 Å². The highest BCUT2D eigenvalue weighted by atomic mass is 31.1. The van der Waals surface area contributed by atoms with Crippen molar-refractivity contribution < 1.29 is 19.6 Å². The van der Waals surface area contributed by atoms with Crippen LogP contribution >= 0.6 is 8.46 Å². The van der Waals surface area contributed by atoms with Crippen molar-refractivity contribution in [1.82, 2.24) is 0 Å². The molecule has 1 unspecified atom stereocenters. The van der Waals surface area contributed by atoms with Crippen LogP contribution in [0.4, 0.5) is 0 Å². The minimum absolute atomic E-state index is 0.546. The fourth-order valence-corrected chi connectivity index (χ4v) is 0.313. The Balaban J connectivity index is 3.69. The molecule has 0 heterocycles. The number of carbonyl (C=O) groups is 1. The molecule has 0 saturated heterocycles. The van der Waals surface area contributed by atoms with Crippen LogP contribution in [0.5, 0.6) is 0 Å². The van der Waals surface area contributed by atoms with Gasteiger partial charge in [-0.2, -0.15) is 0 Å². The van der Waals surface area contributed by atoms with Crippen molar-refractivity contribution in [2.24, 2.45) is 0 Å². The summed E-state index contributed by atoms with van der Waals surface area (Å²) in [4.78, 5) is 9.79. The van der Waals surface area contributed by atoms with E-state index in [1.165, 1.54) is 0 Å². The molecule has 0 aliphatic carbocycles. The van der Waals surface area contributed by atoms with Crippen molar-refractivity contribution >= 4 is 14.4 Å². The molecule has 0 bridgehead atoms. The maximum absolute atomic E-state index is 9.79. The fourth-order valence-electron chi connectivity index (χ4n) is 0.157. The van der Waals surface area contributed by atoms with Crippen molar-refractivity contribution in [3.8, 4) is 0 Å². The largest absolute Gasteiger partial charge is 0.480 e. The van der Waals surface area contributed by atoms with Gasteiger partial charge >= 0.3 is 5.97 Å². The highest BCUT2D eigenvalue weighted by Crippen LogP contribution is 2.03. The third-order valence-electron chi connectivity index (χ3n) is 0.585. The van der Waals surface area contributed by atoms with Crippen molar-refractivity contribution in [3.63, 3.8) is 0 Å². The van der Waals surface area contributed by atoms with Gasteiger partial charge < -0.3 is 10.2 Å². The summed E-state index contributed by atoms with van der Waals surface area (Å²) in [7, 11) is -0.546. The zero-order valence-electron chi connectivity index (χ0n) is 3.94. The lowest BCUT2D eigenvalue weighted by Gasteiger charge is -1.93. The predicted octanol–water partition coefficient (Wildman–Crippen LogP) is -0.276. The van der Waals surface area contributed by atoms with Gasteiger partial charge in [-0.1, -0.05) is 0 Å². The summed E-state index contributed by atoms with van der Waals surface area (Å²) in [6.07, 6.45) is 0. The molecule has 5 heteroatoms. The zero-order valence-corrected chi connectivity index (χ0v) is 4.84. The molecule has 0 amide bonds. The monoisotopic (exact) mass is 136 g/mol. The first-order valence-corrected chi connectivity index (χ1v) is 2.76. The fraction of sp³-hybridized carbons (Fsp3) is 0.667. The summed E-state index contributed by atoms with van der Waals surface area (Å²) < 4.78 is 9.73. The number of hydrogen-bond donors (Lipinski definition) is 2. The van der Waals surface area contributed by atoms with Crippen molar-refractivity contribution in [2.45, 2.75) is 5.66 Å². The molecule has 0 aromatic carbocycles. The molecule has 0 spiro atoms. The molecular weight excluding hydrogens is 131 g/mol. The summed E-state index contributed by atoms with van der Waals surface area (Å²) in [5, 5.41) is 16.1. The normalized spacial score (nSPS) is 13.6. The first-order valence-electron chi connectivity index (χ1n) is 1.88. The molecule has 1 atom stereocenters. The summed E-state index contributed by atoms with van der Waals surface area (Å²) in [5.41, 5.74) is -1.16. The van der Waals surface area contributed by atoms with Gasteiger partial charge in [0, 0.05) is 0 Å². The Kier molecular flexibility index (Phi) is 3.31. The molecule has 0 rings (SSSR count). The van der Waals surface area contributed by atoms with Crippen molar-refractivity contribution in [1.29, 1.82) is 0 Å². The van der Waals surface area contributed by atoms with Crippen LogP contribution in [0.25, 0.3) is 0 Å². The zero-order chi connectivity index (χ0) is 6.57. The maximum Gasteiger partial charge on any atom is 0.320 e. The molecule has 46 valence electrons. The van der Waals surface area contributed by atoms with Crippen molar-refractivity contribution in [2.75, 3.05) is 6.61 Å². The summed E-state index contributed by atoms with van der Waals surface area (Å²) in [6.45, 7) is -0.583. The van der Waals surface area contributed by atoms with Gasteiger partial charge in [0.1, 0.15) is 0 Å². The lowest BCUT2D eigenvalue weighted by atomic mass is 10.5. The van der Waals surface area contributed by atoms with Crippen LogP contribution in [-0.2, 0) is 9.36 Å². The van der Waals surface area contributed by atoms with E-state index in [1.807, 2.05) is 0 Å². The Bertz CT molecular complexity index is 101. The molecule has 0 fully saturated rings. The molecule has 0 saturated carbocycles. The molecule has 4 nitrogen and oxygen atoms in total. The van der Waals surface area contributed by atoms with Gasteiger partial charge in [0.05, 0.1) is 6.61 Å². The SMILES string of the molecule is O=PC(CO)C(=O)O. The van der Waals surface area contributed by atoms with E-state index < -0.39 is 26.7 Å². The standard InChI is InChI=1S/C3H5O4P/c4-1-2(8-7)3(5)6/h2,4H,1H2,(H,5,6). The van der Waals surface area contributed by atoms with Crippen LogP contribution in [0.15, 0.2) is 0 Å². The third kappa shape index (κ3) is 2.00. The Morgan fingerprint density at radius 3 is 2.25 bits per heavy atom. The molecule has 0 radical (unpaired) electrons. The first kappa shape index (κ1) is 7.53. The molecule has 0 aromatic rings. The Labute approximate surface area is 47.3 Å². The number of carboxylic acids is 1. The number of aliphatic hydroxyl groups is 1. The van der Waals surface area contributed by atoms with Crippen LogP contribution in [-0.4, -0.2) is 28.4 Å². The number of aliphatic hydroxyl groups excluding tert-OH is 1. The van der Waals surface area contributed by atoms with Gasteiger partial charge in [0.2, 0.25) is 0 Å². The molecule has 0 aromatic heterocycles. The number of carboxylic acid groups (broad SMARTS) is 1. The second-order valence-electron chi connectivity index (χ2n) is 1.14. The van der Waals surface area contributed by atoms with E-state index in [0.29, 0.717) is 0 Å². The average molecular weight is 136 g/mol. The lowest BCUT2D eigenvalue weighted by Crippen LogP contribution is -2.17. The van der Waals surface area contributed by atoms with Gasteiger partial charge in [-0.3, -0.25) is 9.36 Å². The molecule has 8 heavy (non-hydrogen) atoms. The smallest absolute Gasteiger partial charge is 0.320 e. The van der Waals surface area contributed by atoms with E-state index in [1.54, 1.807) is 0 Å².